The van der Waals surface area contributed by atoms with Gasteiger partial charge in [-0.15, -0.1) is 0 Å². The number of aryl methyl sites for hydroxylation is 1. The van der Waals surface area contributed by atoms with E-state index >= 15 is 0 Å². The molecule has 0 unspecified atom stereocenters. The first-order valence-corrected chi connectivity index (χ1v) is 6.59. The monoisotopic (exact) mass is 284 g/mol. The smallest absolute Gasteiger partial charge is 0.305 e. The fourth-order valence-corrected chi connectivity index (χ4v) is 2.17. The van der Waals surface area contributed by atoms with Crippen LogP contribution in [0.4, 0.5) is 0 Å². The van der Waals surface area contributed by atoms with E-state index in [4.69, 9.17) is 0 Å². The first kappa shape index (κ1) is 13.2. The molecule has 0 bridgehead atoms. The van der Waals surface area contributed by atoms with E-state index in [9.17, 15) is 4.79 Å². The van der Waals surface area contributed by atoms with Crippen molar-refractivity contribution < 1.29 is 9.53 Å². The van der Waals surface area contributed by atoms with Gasteiger partial charge in [-0.2, -0.15) is 0 Å². The third-order valence-corrected chi connectivity index (χ3v) is 3.17. The van der Waals surface area contributed by atoms with E-state index in [1.54, 1.807) is 0 Å². The number of halogens is 1. The van der Waals surface area contributed by atoms with Crippen molar-refractivity contribution in [3.8, 4) is 0 Å². The lowest BCUT2D eigenvalue weighted by Gasteiger charge is -2.06. The molecule has 16 heavy (non-hydrogen) atoms. The Labute approximate surface area is 105 Å². The summed E-state index contributed by atoms with van der Waals surface area (Å²) in [6.07, 6.45) is 3.47. The van der Waals surface area contributed by atoms with E-state index in [1.807, 2.05) is 0 Å². The van der Waals surface area contributed by atoms with Gasteiger partial charge in [0.1, 0.15) is 0 Å². The highest BCUT2D eigenvalue weighted by Crippen LogP contribution is 2.15. The zero-order valence-electron chi connectivity index (χ0n) is 9.54. The van der Waals surface area contributed by atoms with Crippen LogP contribution >= 0.6 is 15.9 Å². The fraction of sp³-hybridized carbons (Fsp3) is 0.462. The lowest BCUT2D eigenvalue weighted by molar-refractivity contribution is -0.140. The largest absolute Gasteiger partial charge is 0.469 e. The summed E-state index contributed by atoms with van der Waals surface area (Å²) >= 11 is 3.48. The molecule has 0 fully saturated rings. The molecule has 0 aliphatic rings. The quantitative estimate of drug-likeness (QED) is 0.454. The van der Waals surface area contributed by atoms with Crippen molar-refractivity contribution in [1.29, 1.82) is 0 Å². The SMILES string of the molecule is COC(=O)CCCCc1ccccc1CBr. The van der Waals surface area contributed by atoms with Crippen molar-refractivity contribution in [1.82, 2.24) is 0 Å². The molecule has 0 aliphatic carbocycles. The number of ether oxygens (including phenoxy) is 1. The number of rotatable bonds is 6. The summed E-state index contributed by atoms with van der Waals surface area (Å²) in [5.41, 5.74) is 2.70. The Morgan fingerprint density at radius 2 is 1.94 bits per heavy atom. The molecule has 0 heterocycles. The van der Waals surface area contributed by atoms with Crippen molar-refractivity contribution in [2.24, 2.45) is 0 Å². The predicted molar refractivity (Wildman–Crippen MR) is 68.6 cm³/mol. The molecule has 0 atom stereocenters. The summed E-state index contributed by atoms with van der Waals surface area (Å²) in [5, 5.41) is 0.889. The van der Waals surface area contributed by atoms with E-state index in [1.165, 1.54) is 18.2 Å². The maximum Gasteiger partial charge on any atom is 0.305 e. The number of carbonyl (C=O) groups is 1. The van der Waals surface area contributed by atoms with Gasteiger partial charge in [0.15, 0.2) is 0 Å². The van der Waals surface area contributed by atoms with Crippen LogP contribution in [0.2, 0.25) is 0 Å². The molecular formula is C13H17BrO2. The molecule has 2 nitrogen and oxygen atoms in total. The summed E-state index contributed by atoms with van der Waals surface area (Å²) < 4.78 is 4.60. The second-order valence-electron chi connectivity index (χ2n) is 3.69. The van der Waals surface area contributed by atoms with Crippen molar-refractivity contribution in [2.45, 2.75) is 31.0 Å². The molecule has 0 saturated heterocycles. The van der Waals surface area contributed by atoms with Crippen LogP contribution in [0.15, 0.2) is 24.3 Å². The third-order valence-electron chi connectivity index (χ3n) is 2.57. The van der Waals surface area contributed by atoms with E-state index in [2.05, 4.69) is 44.9 Å². The van der Waals surface area contributed by atoms with Crippen LogP contribution in [-0.4, -0.2) is 13.1 Å². The van der Waals surface area contributed by atoms with Gasteiger partial charge in [0.2, 0.25) is 0 Å². The highest BCUT2D eigenvalue weighted by molar-refractivity contribution is 9.08. The lowest BCUT2D eigenvalue weighted by atomic mass is 10.0. The molecule has 88 valence electrons. The van der Waals surface area contributed by atoms with Crippen LogP contribution < -0.4 is 0 Å². The first-order chi connectivity index (χ1) is 7.77. The predicted octanol–water partition coefficient (Wildman–Crippen LogP) is 3.47. The van der Waals surface area contributed by atoms with Gasteiger partial charge in [0.25, 0.3) is 0 Å². The van der Waals surface area contributed by atoms with Crippen LogP contribution in [-0.2, 0) is 21.3 Å². The fourth-order valence-electron chi connectivity index (χ4n) is 1.62. The number of hydrogen-bond acceptors (Lipinski definition) is 2. The molecule has 0 aromatic heterocycles. The number of alkyl halides is 1. The standard InChI is InChI=1S/C13H17BrO2/c1-16-13(15)9-5-4-7-11-6-2-3-8-12(11)10-14/h2-3,6,8H,4-5,7,9-10H2,1H3. The van der Waals surface area contributed by atoms with Gasteiger partial charge < -0.3 is 4.74 Å². The van der Waals surface area contributed by atoms with Crippen molar-refractivity contribution in [3.05, 3.63) is 35.4 Å². The Bertz CT molecular complexity index is 336. The Morgan fingerprint density at radius 3 is 2.56 bits per heavy atom. The van der Waals surface area contributed by atoms with Gasteiger partial charge in [0.05, 0.1) is 7.11 Å². The average Bonchev–Trinajstić information content (AvgIpc) is 2.34. The maximum atomic E-state index is 10.9. The van der Waals surface area contributed by atoms with E-state index in [0.717, 1.165) is 24.6 Å². The van der Waals surface area contributed by atoms with Crippen molar-refractivity contribution >= 4 is 21.9 Å². The van der Waals surface area contributed by atoms with Gasteiger partial charge >= 0.3 is 5.97 Å². The average molecular weight is 285 g/mol. The summed E-state index contributed by atoms with van der Waals surface area (Å²) in [6, 6.07) is 8.38. The molecule has 0 saturated carbocycles. The molecule has 1 rings (SSSR count). The summed E-state index contributed by atoms with van der Waals surface area (Å²) in [4.78, 5) is 10.9. The van der Waals surface area contributed by atoms with Gasteiger partial charge in [-0.1, -0.05) is 40.2 Å². The topological polar surface area (TPSA) is 26.3 Å². The summed E-state index contributed by atoms with van der Waals surface area (Å²) in [5.74, 6) is -0.117. The number of esters is 1. The highest BCUT2D eigenvalue weighted by Gasteiger charge is 2.02. The molecule has 0 amide bonds. The van der Waals surface area contributed by atoms with Crippen LogP contribution in [0.1, 0.15) is 30.4 Å². The second-order valence-corrected chi connectivity index (χ2v) is 4.25. The van der Waals surface area contributed by atoms with Crippen LogP contribution in [0, 0.1) is 0 Å². The summed E-state index contributed by atoms with van der Waals surface area (Å²) in [7, 11) is 1.43. The summed E-state index contributed by atoms with van der Waals surface area (Å²) in [6.45, 7) is 0. The van der Waals surface area contributed by atoms with Gasteiger partial charge in [-0.3, -0.25) is 4.79 Å². The van der Waals surface area contributed by atoms with Crippen LogP contribution in [0.25, 0.3) is 0 Å². The maximum absolute atomic E-state index is 10.9. The van der Waals surface area contributed by atoms with Gasteiger partial charge in [0, 0.05) is 11.8 Å². The molecule has 3 heteroatoms. The van der Waals surface area contributed by atoms with Crippen LogP contribution in [0.5, 0.6) is 0 Å². The minimum atomic E-state index is -0.117. The first-order valence-electron chi connectivity index (χ1n) is 5.47. The van der Waals surface area contributed by atoms with E-state index in [-0.39, 0.29) is 5.97 Å². The number of unbranched alkanes of at least 4 members (excludes halogenated alkanes) is 1. The number of methoxy groups -OCH3 is 1. The molecule has 0 radical (unpaired) electrons. The molecule has 0 N–H and O–H groups in total. The number of benzene rings is 1. The molecule has 0 aliphatic heterocycles. The van der Waals surface area contributed by atoms with Crippen molar-refractivity contribution in [3.63, 3.8) is 0 Å². The zero-order chi connectivity index (χ0) is 11.8. The Balaban J connectivity index is 2.34. The Hall–Kier alpha value is -0.830. The third kappa shape index (κ3) is 4.35. The van der Waals surface area contributed by atoms with Crippen LogP contribution in [0.3, 0.4) is 0 Å². The minimum absolute atomic E-state index is 0.117. The molecule has 1 aromatic carbocycles. The van der Waals surface area contributed by atoms with Gasteiger partial charge in [-0.05, 0) is 30.4 Å². The number of hydrogen-bond donors (Lipinski definition) is 0. The lowest BCUT2D eigenvalue weighted by Crippen LogP contribution is -2.00. The second kappa shape index (κ2) is 7.44. The molecule has 1 aromatic rings. The normalized spacial score (nSPS) is 10.1. The highest BCUT2D eigenvalue weighted by atomic mass is 79.9. The minimum Gasteiger partial charge on any atom is -0.469 e. The Morgan fingerprint density at radius 1 is 1.25 bits per heavy atom. The van der Waals surface area contributed by atoms with E-state index < -0.39 is 0 Å². The zero-order valence-corrected chi connectivity index (χ0v) is 11.1. The Kier molecular flexibility index (Phi) is 6.16. The van der Waals surface area contributed by atoms with Crippen molar-refractivity contribution in [2.75, 3.05) is 7.11 Å². The molecule has 0 spiro atoms. The number of carbonyl (C=O) groups excluding carboxylic acids is 1. The molecular weight excluding hydrogens is 268 g/mol. The van der Waals surface area contributed by atoms with Gasteiger partial charge in [-0.25, -0.2) is 0 Å². The van der Waals surface area contributed by atoms with E-state index in [0.29, 0.717) is 6.42 Å².